The SMILES string of the molecule is CC(C)OC(=O)[C@H](C)NP(O)C(OCc1ccccc1)O[C@H](C)Cn1cnc2c(N)ncnc21. The van der Waals surface area contributed by atoms with Crippen LogP contribution in [-0.4, -0.2) is 54.7 Å². The molecule has 2 heterocycles. The smallest absolute Gasteiger partial charge is 0.323 e. The molecular weight excluding hydrogens is 459 g/mol. The molecule has 34 heavy (non-hydrogen) atoms. The standard InChI is InChI=1S/C22H31N6O5P/c1-14(2)32-21(29)16(4)27-34(30)22(31-11-17-8-6-5-7-9-17)33-15(3)10-28-13-26-18-19(23)24-12-25-20(18)28/h5-9,12-16,22,27,30H,10-11H2,1-4H3,(H2,23,24,25)/t15-,16+,22?,34?/m1/s1. The van der Waals surface area contributed by atoms with Crippen LogP contribution in [0, 0.1) is 0 Å². The van der Waals surface area contributed by atoms with Crippen molar-refractivity contribution in [1.29, 1.82) is 0 Å². The summed E-state index contributed by atoms with van der Waals surface area (Å²) in [6, 6.07) is 7.80. The Balaban J connectivity index is 1.68. The maximum absolute atomic E-state index is 12.2. The number of carbonyl (C=O) groups excluding carboxylic acids is 1. The molecule has 0 aliphatic heterocycles. The number of rotatable bonds is 12. The lowest BCUT2D eigenvalue weighted by Crippen LogP contribution is -2.37. The van der Waals surface area contributed by atoms with Crippen LogP contribution in [0.4, 0.5) is 5.82 Å². The van der Waals surface area contributed by atoms with Gasteiger partial charge in [-0.25, -0.2) is 15.0 Å². The summed E-state index contributed by atoms with van der Waals surface area (Å²) in [5.74, 6) is -0.166. The molecule has 11 nitrogen and oxygen atoms in total. The van der Waals surface area contributed by atoms with Crippen molar-refractivity contribution < 1.29 is 23.9 Å². The largest absolute Gasteiger partial charge is 0.462 e. The minimum absolute atomic E-state index is 0.224. The van der Waals surface area contributed by atoms with Crippen molar-refractivity contribution >= 4 is 31.3 Å². The van der Waals surface area contributed by atoms with Crippen molar-refractivity contribution in [3.05, 3.63) is 48.5 Å². The molecular formula is C22H31N6O5P. The van der Waals surface area contributed by atoms with Crippen LogP contribution >= 0.6 is 8.30 Å². The van der Waals surface area contributed by atoms with Gasteiger partial charge < -0.3 is 29.4 Å². The van der Waals surface area contributed by atoms with Gasteiger partial charge in [0.1, 0.15) is 17.9 Å². The van der Waals surface area contributed by atoms with Crippen LogP contribution < -0.4 is 10.8 Å². The molecule has 4 atom stereocenters. The van der Waals surface area contributed by atoms with Crippen LogP contribution in [0.2, 0.25) is 0 Å². The number of nitrogen functional groups attached to an aromatic ring is 1. The fourth-order valence-electron chi connectivity index (χ4n) is 3.11. The number of hydrogen-bond acceptors (Lipinski definition) is 10. The molecule has 0 bridgehead atoms. The summed E-state index contributed by atoms with van der Waals surface area (Å²) >= 11 is 0. The number of anilines is 1. The van der Waals surface area contributed by atoms with Crippen LogP contribution in [0.1, 0.15) is 33.3 Å². The van der Waals surface area contributed by atoms with E-state index in [9.17, 15) is 9.69 Å². The average Bonchev–Trinajstić information content (AvgIpc) is 3.20. The highest BCUT2D eigenvalue weighted by Crippen LogP contribution is 2.36. The average molecular weight is 491 g/mol. The summed E-state index contributed by atoms with van der Waals surface area (Å²) in [6.45, 7) is 7.60. The van der Waals surface area contributed by atoms with Crippen molar-refractivity contribution in [2.24, 2.45) is 0 Å². The second-order valence-electron chi connectivity index (χ2n) is 8.06. The third-order valence-corrected chi connectivity index (χ3v) is 6.02. The minimum Gasteiger partial charge on any atom is -0.462 e. The molecule has 0 aliphatic carbocycles. The molecule has 0 fully saturated rings. The van der Waals surface area contributed by atoms with E-state index in [1.807, 2.05) is 37.3 Å². The highest BCUT2D eigenvalue weighted by Gasteiger charge is 2.28. The number of benzene rings is 1. The van der Waals surface area contributed by atoms with E-state index in [-0.39, 0.29) is 12.7 Å². The quantitative estimate of drug-likeness (QED) is 0.197. The first kappa shape index (κ1) is 25.9. The molecule has 4 N–H and O–H groups in total. The first-order chi connectivity index (χ1) is 16.2. The predicted octanol–water partition coefficient (Wildman–Crippen LogP) is 2.55. The minimum atomic E-state index is -2.04. The summed E-state index contributed by atoms with van der Waals surface area (Å²) < 4.78 is 19.0. The van der Waals surface area contributed by atoms with Gasteiger partial charge in [-0.15, -0.1) is 0 Å². The number of nitrogens with two attached hydrogens (primary N) is 1. The Morgan fingerprint density at radius 1 is 1.18 bits per heavy atom. The lowest BCUT2D eigenvalue weighted by atomic mass is 10.2. The lowest BCUT2D eigenvalue weighted by molar-refractivity contribution is -0.149. The van der Waals surface area contributed by atoms with Gasteiger partial charge in [-0.1, -0.05) is 30.3 Å². The molecule has 0 amide bonds. The van der Waals surface area contributed by atoms with Gasteiger partial charge in [0, 0.05) is 0 Å². The zero-order valence-electron chi connectivity index (χ0n) is 19.7. The van der Waals surface area contributed by atoms with E-state index in [0.29, 0.717) is 23.5 Å². The third-order valence-electron chi connectivity index (χ3n) is 4.70. The van der Waals surface area contributed by atoms with Crippen molar-refractivity contribution in [2.45, 2.75) is 65.1 Å². The van der Waals surface area contributed by atoms with Crippen molar-refractivity contribution in [3.63, 3.8) is 0 Å². The van der Waals surface area contributed by atoms with Crippen LogP contribution in [0.5, 0.6) is 0 Å². The third kappa shape index (κ3) is 7.15. The zero-order chi connectivity index (χ0) is 24.7. The van der Waals surface area contributed by atoms with E-state index in [1.54, 1.807) is 31.7 Å². The summed E-state index contributed by atoms with van der Waals surface area (Å²) in [5, 5.41) is 2.86. The van der Waals surface area contributed by atoms with E-state index < -0.39 is 32.4 Å². The second-order valence-corrected chi connectivity index (χ2v) is 9.43. The van der Waals surface area contributed by atoms with Crippen molar-refractivity contribution in [2.75, 3.05) is 5.73 Å². The molecule has 184 valence electrons. The van der Waals surface area contributed by atoms with Crippen molar-refractivity contribution in [3.8, 4) is 0 Å². The predicted molar refractivity (Wildman–Crippen MR) is 128 cm³/mol. The van der Waals surface area contributed by atoms with Gasteiger partial charge in [0.25, 0.3) is 0 Å². The number of hydrogen-bond donors (Lipinski definition) is 3. The highest BCUT2D eigenvalue weighted by atomic mass is 31.2. The maximum atomic E-state index is 12.2. The maximum Gasteiger partial charge on any atom is 0.323 e. The number of ether oxygens (including phenoxy) is 3. The topological polar surface area (TPSA) is 147 Å². The molecule has 3 rings (SSSR count). The molecule has 0 spiro atoms. The molecule has 0 saturated heterocycles. The zero-order valence-corrected chi connectivity index (χ0v) is 20.6. The molecule has 2 aromatic heterocycles. The monoisotopic (exact) mass is 490 g/mol. The van der Waals surface area contributed by atoms with Crippen molar-refractivity contribution in [1.82, 2.24) is 24.6 Å². The van der Waals surface area contributed by atoms with Gasteiger partial charge in [0.15, 0.2) is 19.8 Å². The first-order valence-electron chi connectivity index (χ1n) is 10.9. The molecule has 2 unspecified atom stereocenters. The Bertz CT molecular complexity index is 1070. The second kappa shape index (κ2) is 12.1. The Labute approximate surface area is 199 Å². The Morgan fingerprint density at radius 3 is 2.62 bits per heavy atom. The van der Waals surface area contributed by atoms with Crippen LogP contribution in [-0.2, 0) is 32.2 Å². The molecule has 3 aromatic rings. The van der Waals surface area contributed by atoms with E-state index in [4.69, 9.17) is 19.9 Å². The van der Waals surface area contributed by atoms with E-state index in [0.717, 1.165) is 5.56 Å². The number of esters is 1. The normalized spacial score (nSPS) is 15.2. The van der Waals surface area contributed by atoms with E-state index >= 15 is 0 Å². The summed E-state index contributed by atoms with van der Waals surface area (Å²) in [4.78, 5) is 35.5. The van der Waals surface area contributed by atoms with Gasteiger partial charge in [-0.3, -0.25) is 9.88 Å². The van der Waals surface area contributed by atoms with Gasteiger partial charge in [-0.2, -0.15) is 0 Å². The number of nitrogens with zero attached hydrogens (tertiary/aromatic N) is 4. The number of carbonyl (C=O) groups is 1. The molecule has 12 heteroatoms. The van der Waals surface area contributed by atoms with Gasteiger partial charge in [-0.05, 0) is 33.3 Å². The Kier molecular flexibility index (Phi) is 9.26. The highest BCUT2D eigenvalue weighted by molar-refractivity contribution is 7.49. The summed E-state index contributed by atoms with van der Waals surface area (Å²) in [5.41, 5.74) is 7.88. The van der Waals surface area contributed by atoms with E-state index in [1.165, 1.54) is 6.33 Å². The summed E-state index contributed by atoms with van der Waals surface area (Å²) in [6.07, 6.45) is 2.33. The van der Waals surface area contributed by atoms with Gasteiger partial charge in [0.2, 0.25) is 6.03 Å². The number of fused-ring (bicyclic) bond motifs is 1. The van der Waals surface area contributed by atoms with Crippen LogP contribution in [0.15, 0.2) is 43.0 Å². The molecule has 0 aliphatic rings. The molecule has 1 aromatic carbocycles. The Hall–Kier alpha value is -2.69. The number of imidazole rings is 1. The lowest BCUT2D eigenvalue weighted by Gasteiger charge is -2.28. The fraction of sp³-hybridized carbons (Fsp3) is 0.455. The fourth-order valence-corrected chi connectivity index (χ4v) is 4.27. The number of aromatic nitrogens is 4. The van der Waals surface area contributed by atoms with Crippen LogP contribution in [0.3, 0.4) is 0 Å². The van der Waals surface area contributed by atoms with Crippen LogP contribution in [0.25, 0.3) is 11.2 Å². The Morgan fingerprint density at radius 2 is 1.91 bits per heavy atom. The van der Waals surface area contributed by atoms with Gasteiger partial charge >= 0.3 is 5.97 Å². The molecule has 0 radical (unpaired) electrons. The molecule has 0 saturated carbocycles. The first-order valence-corrected chi connectivity index (χ1v) is 12.3. The van der Waals surface area contributed by atoms with Gasteiger partial charge in [0.05, 0.1) is 31.7 Å². The summed E-state index contributed by atoms with van der Waals surface area (Å²) in [7, 11) is -2.04. The van der Waals surface area contributed by atoms with E-state index in [2.05, 4.69) is 20.0 Å². The number of nitrogens with one attached hydrogen (secondary N) is 1.